The molecular formula is C21H23N5O2S4. The van der Waals surface area contributed by atoms with Crippen LogP contribution in [0.15, 0.2) is 37.4 Å². The zero-order chi connectivity index (χ0) is 22.8. The average molecular weight is 506 g/mol. The summed E-state index contributed by atoms with van der Waals surface area (Å²) >= 11 is 5.78. The second kappa shape index (κ2) is 9.98. The number of rotatable bonds is 7. The van der Waals surface area contributed by atoms with Gasteiger partial charge in [-0.1, -0.05) is 54.8 Å². The number of hydrogen-bond donors (Lipinski definition) is 1. The Bertz CT molecular complexity index is 1200. The van der Waals surface area contributed by atoms with Crippen LogP contribution >= 0.6 is 46.6 Å². The maximum atomic E-state index is 13.4. The molecule has 3 aromatic rings. The van der Waals surface area contributed by atoms with Crippen LogP contribution in [0.25, 0.3) is 5.69 Å². The third-order valence-corrected chi connectivity index (χ3v) is 8.61. The van der Waals surface area contributed by atoms with Crippen LogP contribution in [0.1, 0.15) is 30.7 Å². The van der Waals surface area contributed by atoms with Gasteiger partial charge in [-0.05, 0) is 42.9 Å². The van der Waals surface area contributed by atoms with Crippen LogP contribution in [0.4, 0.5) is 5.13 Å². The molecule has 0 saturated heterocycles. The Labute approximate surface area is 203 Å². The monoisotopic (exact) mass is 505 g/mol. The van der Waals surface area contributed by atoms with Crippen molar-refractivity contribution in [2.45, 2.75) is 53.8 Å². The summed E-state index contributed by atoms with van der Waals surface area (Å²) < 4.78 is 2.47. The lowest BCUT2D eigenvalue weighted by molar-refractivity contribution is -0.113. The maximum absolute atomic E-state index is 13.4. The molecule has 3 heterocycles. The van der Waals surface area contributed by atoms with E-state index in [1.54, 1.807) is 28.1 Å². The fraction of sp³-hybridized carbons (Fsp3) is 0.381. The van der Waals surface area contributed by atoms with Gasteiger partial charge in [0.1, 0.15) is 0 Å². The minimum atomic E-state index is -0.205. The van der Waals surface area contributed by atoms with E-state index in [2.05, 4.69) is 28.5 Å². The summed E-state index contributed by atoms with van der Waals surface area (Å²) in [6.07, 6.45) is 0.755. The number of hydrogen-bond acceptors (Lipinski definition) is 9. The highest BCUT2D eigenvalue weighted by Gasteiger charge is 2.27. The first-order chi connectivity index (χ1) is 15.3. The minimum absolute atomic E-state index is 0.0670. The normalized spacial score (nSPS) is 15.1. The molecule has 1 atom stereocenters. The number of benzene rings is 1. The van der Waals surface area contributed by atoms with Crippen molar-refractivity contribution in [3.63, 3.8) is 0 Å². The van der Waals surface area contributed by atoms with Crippen molar-refractivity contribution in [2.24, 2.45) is 0 Å². The Morgan fingerprint density at radius 3 is 2.69 bits per heavy atom. The van der Waals surface area contributed by atoms with E-state index in [1.165, 1.54) is 23.1 Å². The molecule has 7 nitrogen and oxygen atoms in total. The molecule has 0 saturated carbocycles. The molecule has 1 aliphatic heterocycles. The fourth-order valence-corrected chi connectivity index (χ4v) is 7.02. The summed E-state index contributed by atoms with van der Waals surface area (Å²) in [6, 6.07) is 6.02. The van der Waals surface area contributed by atoms with Gasteiger partial charge in [-0.25, -0.2) is 4.98 Å². The van der Waals surface area contributed by atoms with Crippen molar-refractivity contribution in [1.82, 2.24) is 19.7 Å². The van der Waals surface area contributed by atoms with Crippen LogP contribution in [0.5, 0.6) is 0 Å². The van der Waals surface area contributed by atoms with Crippen LogP contribution in [0.2, 0.25) is 0 Å². The summed E-state index contributed by atoms with van der Waals surface area (Å²) in [4.78, 5) is 31.5. The molecule has 2 aromatic heterocycles. The minimum Gasteiger partial charge on any atom is -0.300 e. The molecular weight excluding hydrogens is 483 g/mol. The Morgan fingerprint density at radius 2 is 1.97 bits per heavy atom. The van der Waals surface area contributed by atoms with E-state index in [0.29, 0.717) is 20.4 Å². The van der Waals surface area contributed by atoms with Crippen LogP contribution < -0.4 is 10.9 Å². The molecule has 0 fully saturated rings. The van der Waals surface area contributed by atoms with Gasteiger partial charge in [0.25, 0.3) is 5.56 Å². The van der Waals surface area contributed by atoms with Gasteiger partial charge in [-0.2, -0.15) is 0 Å². The lowest BCUT2D eigenvalue weighted by Gasteiger charge is -2.14. The zero-order valence-electron chi connectivity index (χ0n) is 18.2. The lowest BCUT2D eigenvalue weighted by Crippen LogP contribution is -2.25. The molecule has 0 unspecified atom stereocenters. The zero-order valence-corrected chi connectivity index (χ0v) is 21.4. The summed E-state index contributed by atoms with van der Waals surface area (Å²) in [5.74, 6) is 0.813. The molecule has 11 heteroatoms. The van der Waals surface area contributed by atoms with Crippen LogP contribution in [-0.2, 0) is 11.2 Å². The van der Waals surface area contributed by atoms with E-state index >= 15 is 0 Å². The first-order valence-corrected chi connectivity index (χ1v) is 13.8. The van der Waals surface area contributed by atoms with Gasteiger partial charge in [0.2, 0.25) is 11.0 Å². The molecule has 4 rings (SSSR count). The predicted octanol–water partition coefficient (Wildman–Crippen LogP) is 4.58. The Hall–Kier alpha value is -1.82. The fourth-order valence-electron chi connectivity index (χ4n) is 3.43. The van der Waals surface area contributed by atoms with Gasteiger partial charge < -0.3 is 0 Å². The lowest BCUT2D eigenvalue weighted by atomic mass is 10.1. The number of amides is 1. The maximum Gasteiger partial charge on any atom is 0.272 e. The third kappa shape index (κ3) is 5.22. The number of thioether (sulfide) groups is 3. The largest absolute Gasteiger partial charge is 0.300 e. The third-order valence-electron chi connectivity index (χ3n) is 4.60. The van der Waals surface area contributed by atoms with Crippen molar-refractivity contribution in [3.8, 4) is 5.69 Å². The molecule has 32 heavy (non-hydrogen) atoms. The van der Waals surface area contributed by atoms with Crippen molar-refractivity contribution in [1.29, 1.82) is 0 Å². The number of nitrogens with zero attached hydrogens (tertiary/aromatic N) is 4. The van der Waals surface area contributed by atoms with E-state index < -0.39 is 0 Å². The summed E-state index contributed by atoms with van der Waals surface area (Å²) in [6.45, 7) is 8.15. The number of nitrogens with one attached hydrogen (secondary N) is 1. The van der Waals surface area contributed by atoms with E-state index in [-0.39, 0.29) is 17.2 Å². The highest BCUT2D eigenvalue weighted by atomic mass is 32.2. The molecule has 0 bridgehead atoms. The van der Waals surface area contributed by atoms with Gasteiger partial charge in [-0.15, -0.1) is 22.0 Å². The van der Waals surface area contributed by atoms with Gasteiger partial charge in [0.05, 0.1) is 22.0 Å². The van der Waals surface area contributed by atoms with Crippen molar-refractivity contribution in [2.75, 3.05) is 16.8 Å². The summed E-state index contributed by atoms with van der Waals surface area (Å²) in [5, 5.41) is 12.2. The smallest absolute Gasteiger partial charge is 0.272 e. The van der Waals surface area contributed by atoms with Gasteiger partial charge >= 0.3 is 0 Å². The molecule has 168 valence electrons. The van der Waals surface area contributed by atoms with Crippen molar-refractivity contribution >= 4 is 57.7 Å². The van der Waals surface area contributed by atoms with Crippen LogP contribution in [-0.4, -0.2) is 42.4 Å². The average Bonchev–Trinajstić information content (AvgIpc) is 3.31. The predicted molar refractivity (Wildman–Crippen MR) is 134 cm³/mol. The number of carbonyl (C=O) groups is 1. The Kier molecular flexibility index (Phi) is 7.28. The summed E-state index contributed by atoms with van der Waals surface area (Å²) in [5.41, 5.74) is 3.67. The molecule has 1 amide bonds. The number of aryl methyl sites for hydroxylation is 2. The number of aromatic nitrogens is 4. The number of carbonyl (C=O) groups excluding carboxylic acids is 1. The highest BCUT2D eigenvalue weighted by Crippen LogP contribution is 2.35. The first kappa shape index (κ1) is 23.3. The van der Waals surface area contributed by atoms with Gasteiger partial charge in [0, 0.05) is 11.7 Å². The number of anilines is 1. The first-order valence-electron chi connectivity index (χ1n) is 10.1. The Morgan fingerprint density at radius 1 is 1.22 bits per heavy atom. The molecule has 0 spiro atoms. The van der Waals surface area contributed by atoms with E-state index in [1.807, 2.05) is 32.9 Å². The van der Waals surface area contributed by atoms with E-state index in [0.717, 1.165) is 39.0 Å². The van der Waals surface area contributed by atoms with Crippen molar-refractivity contribution in [3.05, 3.63) is 45.4 Å². The molecule has 0 aliphatic carbocycles. The summed E-state index contributed by atoms with van der Waals surface area (Å²) in [7, 11) is 0. The van der Waals surface area contributed by atoms with Gasteiger partial charge in [0.15, 0.2) is 9.50 Å². The van der Waals surface area contributed by atoms with Crippen LogP contribution in [0.3, 0.4) is 0 Å². The van der Waals surface area contributed by atoms with Crippen molar-refractivity contribution < 1.29 is 4.79 Å². The van der Waals surface area contributed by atoms with Crippen LogP contribution in [0, 0.1) is 13.8 Å². The topological polar surface area (TPSA) is 89.8 Å². The van der Waals surface area contributed by atoms with Gasteiger partial charge in [-0.3, -0.25) is 19.5 Å². The molecule has 1 aromatic carbocycles. The molecule has 1 N–H and O–H groups in total. The second-order valence-electron chi connectivity index (χ2n) is 7.43. The molecule has 1 aliphatic rings. The number of fused-ring (bicyclic) bond motifs is 1. The standard InChI is InChI=1S/C21H23N5O2S4/c1-5-29-21-25-24-19(32-21)23-16(27)10-30-20-22-15-9-13(4)31-17(15)18(28)26(20)14-7-11(2)6-12(3)8-14/h6-8,13H,5,9-10H2,1-4H3,(H,23,24,27)/t13-/m1/s1. The molecule has 0 radical (unpaired) electrons. The highest BCUT2D eigenvalue weighted by molar-refractivity contribution is 8.01. The quantitative estimate of drug-likeness (QED) is 0.284. The second-order valence-corrected chi connectivity index (χ2v) is 12.3. The van der Waals surface area contributed by atoms with E-state index in [9.17, 15) is 9.59 Å². The Balaban J connectivity index is 1.61. The van der Waals surface area contributed by atoms with E-state index in [4.69, 9.17) is 4.98 Å². The SMILES string of the molecule is CCSc1nnc(NC(=O)CSc2nc3c(c(=O)n2-c2cc(C)cc(C)c2)S[C@H](C)C3)s1.